The molecule has 0 atom stereocenters. The van der Waals surface area contributed by atoms with Crippen LogP contribution < -0.4 is 16.0 Å². The van der Waals surface area contributed by atoms with E-state index in [4.69, 9.17) is 16.6 Å². The lowest BCUT2D eigenvalue weighted by atomic mass is 9.70. The maximum Gasteiger partial charge on any atom is 0.309 e. The summed E-state index contributed by atoms with van der Waals surface area (Å²) in [6.45, 7) is 6.89. The molecule has 0 bridgehead atoms. The van der Waals surface area contributed by atoms with Crippen molar-refractivity contribution in [1.82, 2.24) is 29.3 Å². The molecule has 2 amide bonds. The Balaban J connectivity index is 1.06. The van der Waals surface area contributed by atoms with Crippen LogP contribution in [0.2, 0.25) is 5.02 Å². The Morgan fingerprint density at radius 3 is 2.18 bits per heavy atom. The molecular weight excluding hydrogens is 668 g/mol. The first-order chi connectivity index (χ1) is 24.5. The highest BCUT2D eigenvalue weighted by molar-refractivity contribution is 6.36. The number of nitrogens with one attached hydrogen (secondary N) is 3. The predicted octanol–water partition coefficient (Wildman–Crippen LogP) is 5.71. The van der Waals surface area contributed by atoms with Crippen LogP contribution in [-0.2, 0) is 44.8 Å². The second kappa shape index (κ2) is 13.9. The minimum absolute atomic E-state index is 0.282. The number of aromatic nitrogens is 4. The van der Waals surface area contributed by atoms with Gasteiger partial charge in [-0.15, -0.1) is 0 Å². The first-order valence-corrected chi connectivity index (χ1v) is 18.2. The highest BCUT2D eigenvalue weighted by Crippen LogP contribution is 2.42. The highest BCUT2D eigenvalue weighted by atomic mass is 35.5. The number of fused-ring (bicyclic) bond motifs is 2. The van der Waals surface area contributed by atoms with Crippen LogP contribution in [0.3, 0.4) is 0 Å². The molecule has 1 aliphatic carbocycles. The van der Waals surface area contributed by atoms with Crippen molar-refractivity contribution in [1.29, 1.82) is 0 Å². The van der Waals surface area contributed by atoms with Crippen LogP contribution in [0.1, 0.15) is 88.6 Å². The molecule has 4 N–H and O–H groups in total. The third-order valence-corrected chi connectivity index (χ3v) is 11.9. The fourth-order valence-corrected chi connectivity index (χ4v) is 8.49. The topological polar surface area (TPSA) is 146 Å². The molecule has 51 heavy (non-hydrogen) atoms. The Morgan fingerprint density at radius 2 is 1.53 bits per heavy atom. The van der Waals surface area contributed by atoms with E-state index in [1.54, 1.807) is 6.07 Å². The SMILES string of the molecule is CCC1(C(=O)O)CCC(N2CCc3c(nc(C(=O)Nc4cccc(-c5cccc(NC(=O)c6nc7c(n6C)CCNC7)c5C)c4Cl)n3C)C2)CC1. The Kier molecular flexibility index (Phi) is 9.51. The van der Waals surface area contributed by atoms with E-state index in [1.807, 2.05) is 67.4 Å². The molecule has 0 unspecified atom stereocenters. The number of hydrogen-bond acceptors (Lipinski definition) is 7. The molecule has 2 aliphatic heterocycles. The second-order valence-corrected chi connectivity index (χ2v) is 14.5. The van der Waals surface area contributed by atoms with Gasteiger partial charge in [-0.2, -0.15) is 0 Å². The number of anilines is 2. The normalized spacial score (nSPS) is 20.4. The fraction of sp³-hybridized carbons (Fsp3) is 0.447. The van der Waals surface area contributed by atoms with Crippen LogP contribution in [-0.4, -0.2) is 66.0 Å². The Labute approximate surface area is 302 Å². The van der Waals surface area contributed by atoms with Gasteiger partial charge in [0.2, 0.25) is 0 Å². The number of rotatable bonds is 8. The van der Waals surface area contributed by atoms with E-state index in [-0.39, 0.29) is 11.8 Å². The molecule has 1 saturated carbocycles. The number of imidazole rings is 2. The molecule has 12 nitrogen and oxygen atoms in total. The van der Waals surface area contributed by atoms with Gasteiger partial charge in [0.25, 0.3) is 11.8 Å². The monoisotopic (exact) mass is 712 g/mol. The van der Waals surface area contributed by atoms with Gasteiger partial charge in [-0.05, 0) is 62.3 Å². The van der Waals surface area contributed by atoms with Crippen LogP contribution in [0.15, 0.2) is 36.4 Å². The Morgan fingerprint density at radius 1 is 0.922 bits per heavy atom. The van der Waals surface area contributed by atoms with Crippen molar-refractivity contribution in [2.75, 3.05) is 23.7 Å². The summed E-state index contributed by atoms with van der Waals surface area (Å²) >= 11 is 6.98. The van der Waals surface area contributed by atoms with E-state index >= 15 is 0 Å². The van der Waals surface area contributed by atoms with Gasteiger partial charge < -0.3 is 30.2 Å². The summed E-state index contributed by atoms with van der Waals surface area (Å²) in [5.74, 6) is -0.631. The van der Waals surface area contributed by atoms with E-state index in [0.717, 1.165) is 78.2 Å². The van der Waals surface area contributed by atoms with Gasteiger partial charge >= 0.3 is 5.97 Å². The number of carbonyl (C=O) groups is 3. The molecule has 0 spiro atoms. The first-order valence-electron chi connectivity index (χ1n) is 17.8. The lowest BCUT2D eigenvalue weighted by Gasteiger charge is -2.42. The number of nitrogens with zero attached hydrogens (tertiary/aromatic N) is 5. The molecule has 0 saturated heterocycles. The number of hydrogen-bond donors (Lipinski definition) is 4. The van der Waals surface area contributed by atoms with Crippen LogP contribution in [0.4, 0.5) is 11.4 Å². The number of amides is 2. The summed E-state index contributed by atoms with van der Waals surface area (Å²) in [5, 5.41) is 19.6. The smallest absolute Gasteiger partial charge is 0.309 e. The summed E-state index contributed by atoms with van der Waals surface area (Å²) in [5.41, 5.74) is 6.78. The molecule has 2 aromatic carbocycles. The quantitative estimate of drug-likeness (QED) is 0.182. The maximum atomic E-state index is 13.7. The van der Waals surface area contributed by atoms with Gasteiger partial charge in [-0.25, -0.2) is 9.97 Å². The zero-order valence-corrected chi connectivity index (χ0v) is 30.4. The van der Waals surface area contributed by atoms with Crippen LogP contribution in [0.25, 0.3) is 11.1 Å². The molecule has 3 aliphatic rings. The number of aliphatic carboxylic acids is 1. The van der Waals surface area contributed by atoms with E-state index in [9.17, 15) is 19.5 Å². The third-order valence-electron chi connectivity index (χ3n) is 11.5. The zero-order valence-electron chi connectivity index (χ0n) is 29.6. The third kappa shape index (κ3) is 6.34. The fourth-order valence-electron chi connectivity index (χ4n) is 8.22. The molecular formula is C38H45ClN8O4. The van der Waals surface area contributed by atoms with Crippen molar-refractivity contribution in [3.63, 3.8) is 0 Å². The first kappa shape index (κ1) is 34.9. The lowest BCUT2D eigenvalue weighted by molar-refractivity contribution is -0.152. The summed E-state index contributed by atoms with van der Waals surface area (Å²) < 4.78 is 3.75. The van der Waals surface area contributed by atoms with Crippen molar-refractivity contribution in [3.8, 4) is 11.1 Å². The van der Waals surface area contributed by atoms with E-state index < -0.39 is 11.4 Å². The number of benzene rings is 2. The summed E-state index contributed by atoms with van der Waals surface area (Å²) in [6.07, 6.45) is 5.32. The molecule has 2 aromatic heterocycles. The number of carboxylic acid groups (broad SMARTS) is 1. The van der Waals surface area contributed by atoms with Crippen molar-refractivity contribution in [3.05, 3.63) is 81.4 Å². The molecule has 7 rings (SSSR count). The van der Waals surface area contributed by atoms with Crippen LogP contribution in [0.5, 0.6) is 0 Å². The van der Waals surface area contributed by atoms with E-state index in [1.165, 1.54) is 0 Å². The lowest BCUT2D eigenvalue weighted by Crippen LogP contribution is -2.45. The van der Waals surface area contributed by atoms with Gasteiger partial charge in [-0.1, -0.05) is 42.8 Å². The molecule has 4 heterocycles. The zero-order chi connectivity index (χ0) is 36.0. The summed E-state index contributed by atoms with van der Waals surface area (Å²) in [7, 11) is 3.75. The highest BCUT2D eigenvalue weighted by Gasteiger charge is 2.42. The number of carbonyl (C=O) groups excluding carboxylic acids is 2. The van der Waals surface area contributed by atoms with Gasteiger partial charge in [0, 0.05) is 81.8 Å². The van der Waals surface area contributed by atoms with Crippen LogP contribution in [0, 0.1) is 12.3 Å². The maximum absolute atomic E-state index is 13.7. The summed E-state index contributed by atoms with van der Waals surface area (Å²) in [6, 6.07) is 11.5. The van der Waals surface area contributed by atoms with Gasteiger partial charge in [0.1, 0.15) is 0 Å². The molecule has 1 fully saturated rings. The van der Waals surface area contributed by atoms with Gasteiger partial charge in [0.15, 0.2) is 11.6 Å². The minimum atomic E-state index is -0.681. The van der Waals surface area contributed by atoms with E-state index in [2.05, 4.69) is 25.8 Å². The number of carboxylic acids is 1. The Hall–Kier alpha value is -4.52. The average Bonchev–Trinajstić information content (AvgIpc) is 3.66. The molecule has 0 radical (unpaired) electrons. The number of halogens is 1. The van der Waals surface area contributed by atoms with Crippen molar-refractivity contribution in [2.24, 2.45) is 19.5 Å². The van der Waals surface area contributed by atoms with E-state index in [0.29, 0.717) is 66.4 Å². The molecule has 268 valence electrons. The van der Waals surface area contributed by atoms with Crippen LogP contribution >= 0.6 is 11.6 Å². The van der Waals surface area contributed by atoms with Crippen molar-refractivity contribution >= 4 is 40.8 Å². The standard InChI is InChI=1S/C38H45ClN8O4/c1-5-38(37(50)51)16-12-23(13-17-38)47-19-15-31-29(21-47)42-34(46(31)4)36(49)44-27-11-7-9-25(32(27)39)24-8-6-10-26(22(24)2)43-35(48)33-41-28-20-40-18-14-30(28)45(33)3/h6-11,23,40H,5,12-21H2,1-4H3,(H,43,48)(H,44,49)(H,50,51). The Bertz CT molecular complexity index is 2030. The molecule has 4 aromatic rings. The van der Waals surface area contributed by atoms with Gasteiger partial charge in [0.05, 0.1) is 27.5 Å². The van der Waals surface area contributed by atoms with Gasteiger partial charge in [-0.3, -0.25) is 19.3 Å². The minimum Gasteiger partial charge on any atom is -0.481 e. The van der Waals surface area contributed by atoms with Crippen molar-refractivity contribution in [2.45, 2.75) is 77.9 Å². The molecule has 13 heteroatoms. The average molecular weight is 713 g/mol. The largest absolute Gasteiger partial charge is 0.481 e. The predicted molar refractivity (Wildman–Crippen MR) is 196 cm³/mol. The van der Waals surface area contributed by atoms with Crippen molar-refractivity contribution < 1.29 is 19.5 Å². The second-order valence-electron chi connectivity index (χ2n) is 14.1. The summed E-state index contributed by atoms with van der Waals surface area (Å²) in [4.78, 5) is 50.8.